The lowest BCUT2D eigenvalue weighted by Crippen LogP contribution is -2.42. The maximum atomic E-state index is 11.8. The lowest BCUT2D eigenvalue weighted by atomic mass is 9.78. The summed E-state index contributed by atoms with van der Waals surface area (Å²) in [6, 6.07) is 0. The van der Waals surface area contributed by atoms with Gasteiger partial charge in [0.2, 0.25) is 0 Å². The van der Waals surface area contributed by atoms with Crippen molar-refractivity contribution in [1.29, 1.82) is 0 Å². The highest BCUT2D eigenvalue weighted by Gasteiger charge is 2.43. The zero-order chi connectivity index (χ0) is 10.3. The molecule has 76 valence electrons. The number of aliphatic hydroxyl groups is 1. The van der Waals surface area contributed by atoms with Gasteiger partial charge in [0.15, 0.2) is 5.78 Å². The molecule has 3 heteroatoms. The van der Waals surface area contributed by atoms with Crippen molar-refractivity contribution in [3.8, 4) is 0 Å². The Hall–Kier alpha value is -0.0200. The van der Waals surface area contributed by atoms with Crippen LogP contribution in [0.4, 0.5) is 0 Å². The molecule has 0 aromatic carbocycles. The van der Waals surface area contributed by atoms with Crippen molar-refractivity contribution < 1.29 is 9.90 Å². The maximum absolute atomic E-state index is 11.8. The molecule has 1 atom stereocenters. The molecule has 2 nitrogen and oxygen atoms in total. The van der Waals surface area contributed by atoms with Crippen LogP contribution in [-0.2, 0) is 4.79 Å². The van der Waals surface area contributed by atoms with Gasteiger partial charge in [0.25, 0.3) is 0 Å². The minimum absolute atomic E-state index is 0.0116. The summed E-state index contributed by atoms with van der Waals surface area (Å²) in [5.41, 5.74) is -0.659. The van der Waals surface area contributed by atoms with Crippen LogP contribution in [0.15, 0.2) is 0 Å². The Labute approximate surface area is 84.1 Å². The van der Waals surface area contributed by atoms with Gasteiger partial charge in [-0.15, -0.1) is 0 Å². The first-order valence-electron chi connectivity index (χ1n) is 4.57. The fraction of sp³-hybridized carbons (Fsp3) is 0.900. The van der Waals surface area contributed by atoms with E-state index in [1.54, 1.807) is 11.8 Å². The van der Waals surface area contributed by atoms with Crippen LogP contribution in [0.2, 0.25) is 0 Å². The van der Waals surface area contributed by atoms with Gasteiger partial charge in [-0.25, -0.2) is 0 Å². The van der Waals surface area contributed by atoms with E-state index in [1.807, 2.05) is 27.7 Å². The first kappa shape index (κ1) is 11.1. The molecule has 0 aromatic rings. The lowest BCUT2D eigenvalue weighted by molar-refractivity contribution is -0.139. The summed E-state index contributed by atoms with van der Waals surface area (Å²) in [7, 11) is 0. The van der Waals surface area contributed by atoms with Crippen molar-refractivity contribution in [2.45, 2.75) is 33.8 Å². The first-order chi connectivity index (χ1) is 5.77. The average molecular weight is 202 g/mol. The third-order valence-electron chi connectivity index (χ3n) is 2.59. The molecule has 13 heavy (non-hydrogen) atoms. The van der Waals surface area contributed by atoms with Crippen molar-refractivity contribution in [3.05, 3.63) is 0 Å². The molecule has 0 aromatic heterocycles. The summed E-state index contributed by atoms with van der Waals surface area (Å²) >= 11 is 1.76. The summed E-state index contributed by atoms with van der Waals surface area (Å²) in [6.45, 7) is 7.72. The number of ketones is 1. The molecule has 0 radical (unpaired) electrons. The van der Waals surface area contributed by atoms with E-state index in [1.165, 1.54) is 0 Å². The fourth-order valence-electron chi connectivity index (χ4n) is 1.44. The maximum Gasteiger partial charge on any atom is 0.168 e. The summed E-state index contributed by atoms with van der Waals surface area (Å²) in [5.74, 6) is 1.65. The second-order valence-corrected chi connectivity index (χ2v) is 6.12. The van der Waals surface area contributed by atoms with Gasteiger partial charge in [-0.1, -0.05) is 27.7 Å². The van der Waals surface area contributed by atoms with Gasteiger partial charge in [-0.3, -0.25) is 4.79 Å². The number of aliphatic hydroxyl groups excluding tert-OH is 1. The Balaban J connectivity index is 2.94. The number of thioether (sulfide) groups is 1. The van der Waals surface area contributed by atoms with Gasteiger partial charge in [0.05, 0.1) is 0 Å². The van der Waals surface area contributed by atoms with Gasteiger partial charge in [-0.2, -0.15) is 11.8 Å². The van der Waals surface area contributed by atoms with E-state index in [9.17, 15) is 9.90 Å². The molecule has 1 aliphatic heterocycles. The highest BCUT2D eigenvalue weighted by Crippen LogP contribution is 2.38. The number of carbonyl (C=O) groups is 1. The second kappa shape index (κ2) is 3.28. The summed E-state index contributed by atoms with van der Waals surface area (Å²) in [4.78, 5) is 11.8. The molecule has 0 spiro atoms. The third-order valence-corrected chi connectivity index (χ3v) is 4.47. The molecule has 1 fully saturated rings. The van der Waals surface area contributed by atoms with E-state index in [4.69, 9.17) is 0 Å². The summed E-state index contributed by atoms with van der Waals surface area (Å²) < 4.78 is 0. The Morgan fingerprint density at radius 1 is 1.31 bits per heavy atom. The second-order valence-electron chi connectivity index (χ2n) is 5.13. The smallest absolute Gasteiger partial charge is 0.168 e. The lowest BCUT2D eigenvalue weighted by Gasteiger charge is -2.29. The molecule has 0 amide bonds. The monoisotopic (exact) mass is 202 g/mol. The van der Waals surface area contributed by atoms with Crippen LogP contribution in [0.25, 0.3) is 0 Å². The normalized spacial score (nSPS) is 32.7. The van der Waals surface area contributed by atoms with Crippen LogP contribution in [-0.4, -0.2) is 28.5 Å². The molecule has 1 rings (SSSR count). The molecule has 1 unspecified atom stereocenters. The predicted octanol–water partition coefficient (Wildman–Crippen LogP) is 1.72. The van der Waals surface area contributed by atoms with Crippen LogP contribution in [0, 0.1) is 10.8 Å². The minimum Gasteiger partial charge on any atom is -0.385 e. The molecule has 1 heterocycles. The number of rotatable bonds is 0. The molecule has 1 saturated heterocycles. The molecule has 0 aliphatic carbocycles. The van der Waals surface area contributed by atoms with Crippen LogP contribution < -0.4 is 0 Å². The quantitative estimate of drug-likeness (QED) is 0.650. The highest BCUT2D eigenvalue weighted by molar-refractivity contribution is 7.99. The van der Waals surface area contributed by atoms with E-state index in [0.29, 0.717) is 0 Å². The van der Waals surface area contributed by atoms with Crippen molar-refractivity contribution in [2.75, 3.05) is 11.5 Å². The molecule has 1 aliphatic rings. The van der Waals surface area contributed by atoms with Gasteiger partial charge in [-0.05, 0) is 0 Å². The molecule has 0 saturated carbocycles. The Morgan fingerprint density at radius 3 is 2.38 bits per heavy atom. The van der Waals surface area contributed by atoms with E-state index < -0.39 is 6.10 Å². The number of Topliss-reactive ketones (excluding diaryl/α,β-unsaturated/α-hetero) is 1. The van der Waals surface area contributed by atoms with Gasteiger partial charge >= 0.3 is 0 Å². The summed E-state index contributed by atoms with van der Waals surface area (Å²) in [6.07, 6.45) is -0.808. The summed E-state index contributed by atoms with van der Waals surface area (Å²) in [5, 5.41) is 9.86. The van der Waals surface area contributed by atoms with Crippen molar-refractivity contribution >= 4 is 17.5 Å². The fourth-order valence-corrected chi connectivity index (χ4v) is 2.88. The molecule has 1 N–H and O–H groups in total. The van der Waals surface area contributed by atoms with E-state index in [-0.39, 0.29) is 16.6 Å². The predicted molar refractivity (Wildman–Crippen MR) is 55.9 cm³/mol. The van der Waals surface area contributed by atoms with Crippen LogP contribution in [0.1, 0.15) is 27.7 Å². The van der Waals surface area contributed by atoms with Crippen LogP contribution >= 0.6 is 11.8 Å². The topological polar surface area (TPSA) is 37.3 Å². The van der Waals surface area contributed by atoms with Crippen LogP contribution in [0.5, 0.6) is 0 Å². The van der Waals surface area contributed by atoms with Gasteiger partial charge < -0.3 is 5.11 Å². The standard InChI is InChI=1S/C10H18O2S/c1-9(2)5-13-6-10(3,4)8(12)7(9)11/h7,11H,5-6H2,1-4H3. The zero-order valence-corrected chi connectivity index (χ0v) is 9.57. The van der Waals surface area contributed by atoms with Gasteiger partial charge in [0.1, 0.15) is 6.10 Å². The zero-order valence-electron chi connectivity index (χ0n) is 8.76. The highest BCUT2D eigenvalue weighted by atomic mass is 32.2. The molecule has 0 bridgehead atoms. The number of hydrogen-bond donors (Lipinski definition) is 1. The molecular formula is C10H18O2S. The van der Waals surface area contributed by atoms with E-state index in [2.05, 4.69) is 0 Å². The number of hydrogen-bond acceptors (Lipinski definition) is 3. The van der Waals surface area contributed by atoms with Gasteiger partial charge in [0, 0.05) is 22.3 Å². The van der Waals surface area contributed by atoms with E-state index >= 15 is 0 Å². The largest absolute Gasteiger partial charge is 0.385 e. The Bertz CT molecular complexity index is 221. The van der Waals surface area contributed by atoms with Crippen molar-refractivity contribution in [2.24, 2.45) is 10.8 Å². The first-order valence-corrected chi connectivity index (χ1v) is 5.73. The Kier molecular flexibility index (Phi) is 2.79. The molecular weight excluding hydrogens is 184 g/mol. The minimum atomic E-state index is -0.808. The van der Waals surface area contributed by atoms with Crippen LogP contribution in [0.3, 0.4) is 0 Å². The number of carbonyl (C=O) groups excluding carboxylic acids is 1. The average Bonchev–Trinajstić information content (AvgIpc) is 2.04. The van der Waals surface area contributed by atoms with E-state index in [0.717, 1.165) is 11.5 Å². The Morgan fingerprint density at radius 2 is 1.85 bits per heavy atom. The third kappa shape index (κ3) is 2.08. The van der Waals surface area contributed by atoms with Crippen molar-refractivity contribution in [1.82, 2.24) is 0 Å². The van der Waals surface area contributed by atoms with Crippen molar-refractivity contribution in [3.63, 3.8) is 0 Å². The SMILES string of the molecule is CC1(C)CSCC(C)(C)C(O)C1=O.